The number of aryl methyl sites for hydroxylation is 2. The molecule has 0 saturated carbocycles. The average Bonchev–Trinajstić information content (AvgIpc) is 2.81. The molecule has 1 heterocycles. The third-order valence-electron chi connectivity index (χ3n) is 5.07. The molecule has 180 valence electrons. The maximum Gasteiger partial charge on any atom is 0.253 e. The molecule has 1 aromatic heterocycles. The van der Waals surface area contributed by atoms with E-state index in [2.05, 4.69) is 15.3 Å². The van der Waals surface area contributed by atoms with E-state index in [4.69, 9.17) is 10.5 Å². The van der Waals surface area contributed by atoms with Crippen molar-refractivity contribution in [3.63, 3.8) is 0 Å². The zero-order valence-corrected chi connectivity index (χ0v) is 20.3. The Labute approximate surface area is 196 Å². The molecule has 1 atom stereocenters. The number of carbonyl (C=O) groups is 2. The minimum Gasteiger partial charge on any atom is -0.372 e. The second-order valence-corrected chi connectivity index (χ2v) is 8.18. The zero-order valence-electron chi connectivity index (χ0n) is 20.3. The van der Waals surface area contributed by atoms with Crippen LogP contribution in [0.1, 0.15) is 71.4 Å². The number of hydrogen-bond donors (Lipinski definition) is 2. The van der Waals surface area contributed by atoms with Gasteiger partial charge >= 0.3 is 0 Å². The van der Waals surface area contributed by atoms with Gasteiger partial charge in [0, 0.05) is 48.7 Å². The lowest BCUT2D eigenvalue weighted by Gasteiger charge is -2.22. The number of nitrogens with zero attached hydrogens (tertiary/aromatic N) is 3. The summed E-state index contributed by atoms with van der Waals surface area (Å²) in [7, 11) is 0. The van der Waals surface area contributed by atoms with Gasteiger partial charge in [-0.1, -0.05) is 20.8 Å². The van der Waals surface area contributed by atoms with Gasteiger partial charge in [-0.25, -0.2) is 9.97 Å². The van der Waals surface area contributed by atoms with Crippen molar-refractivity contribution in [2.75, 3.05) is 26.2 Å². The highest BCUT2D eigenvalue weighted by molar-refractivity contribution is 6.00. The predicted octanol–water partition coefficient (Wildman–Crippen LogP) is 2.88. The van der Waals surface area contributed by atoms with Gasteiger partial charge in [-0.2, -0.15) is 0 Å². The van der Waals surface area contributed by atoms with Crippen LogP contribution in [0.3, 0.4) is 0 Å². The molecule has 33 heavy (non-hydrogen) atoms. The monoisotopic (exact) mass is 455 g/mol. The third kappa shape index (κ3) is 8.55. The van der Waals surface area contributed by atoms with Crippen molar-refractivity contribution in [1.29, 1.82) is 0 Å². The minimum atomic E-state index is -0.376. The average molecular weight is 456 g/mol. The van der Waals surface area contributed by atoms with Crippen molar-refractivity contribution in [3.8, 4) is 0 Å². The van der Waals surface area contributed by atoms with Crippen LogP contribution >= 0.6 is 0 Å². The quantitative estimate of drug-likeness (QED) is 0.481. The molecule has 2 aromatic rings. The van der Waals surface area contributed by atoms with E-state index in [1.807, 2.05) is 44.7 Å². The number of ether oxygens (including phenoxy) is 1. The molecule has 0 bridgehead atoms. The Hall–Kier alpha value is -2.84. The van der Waals surface area contributed by atoms with Crippen LogP contribution in [0, 0.1) is 6.92 Å². The Morgan fingerprint density at radius 2 is 1.82 bits per heavy atom. The highest BCUT2D eigenvalue weighted by atomic mass is 16.5. The summed E-state index contributed by atoms with van der Waals surface area (Å²) < 4.78 is 5.61. The fourth-order valence-electron chi connectivity index (χ4n) is 3.47. The van der Waals surface area contributed by atoms with Gasteiger partial charge in [-0.15, -0.1) is 0 Å². The van der Waals surface area contributed by atoms with Crippen LogP contribution in [0.5, 0.6) is 0 Å². The largest absolute Gasteiger partial charge is 0.372 e. The van der Waals surface area contributed by atoms with E-state index in [1.54, 1.807) is 18.3 Å². The zero-order chi connectivity index (χ0) is 24.2. The Morgan fingerprint density at radius 3 is 2.48 bits per heavy atom. The van der Waals surface area contributed by atoms with E-state index in [9.17, 15) is 9.59 Å². The molecule has 1 unspecified atom stereocenters. The molecule has 0 spiro atoms. The predicted molar refractivity (Wildman–Crippen MR) is 129 cm³/mol. The maximum absolute atomic E-state index is 12.9. The standard InChI is InChI=1S/C25H37N5O3/c1-5-10-30(11-6-2)25(32)20-13-18(4)12-19(14-20)24(31)28-15-21(26)16-33-17-23-27-9-8-22(7-3)29-23/h8-9,12-14,21H,5-7,10-11,15-17,26H2,1-4H3,(H,28,31). The molecule has 0 radical (unpaired) electrons. The first-order valence-electron chi connectivity index (χ1n) is 11.7. The SMILES string of the molecule is CCCN(CCC)C(=O)c1cc(C)cc(C(=O)NCC(N)COCc2nccc(CC)n2)c1. The van der Waals surface area contributed by atoms with Gasteiger partial charge in [0.05, 0.1) is 6.61 Å². The smallest absolute Gasteiger partial charge is 0.253 e. The molecule has 0 fully saturated rings. The lowest BCUT2D eigenvalue weighted by Crippen LogP contribution is -2.40. The van der Waals surface area contributed by atoms with Crippen molar-refractivity contribution in [2.45, 2.75) is 59.6 Å². The van der Waals surface area contributed by atoms with E-state index in [1.165, 1.54) is 0 Å². The van der Waals surface area contributed by atoms with Crippen LogP contribution in [-0.2, 0) is 17.8 Å². The van der Waals surface area contributed by atoms with Gasteiger partial charge in [0.15, 0.2) is 5.82 Å². The van der Waals surface area contributed by atoms with E-state index in [0.29, 0.717) is 30.0 Å². The van der Waals surface area contributed by atoms with Crippen LogP contribution in [0.2, 0.25) is 0 Å². The number of nitrogens with two attached hydrogens (primary N) is 1. The minimum absolute atomic E-state index is 0.0455. The number of benzene rings is 1. The molecular formula is C25H37N5O3. The van der Waals surface area contributed by atoms with E-state index in [-0.39, 0.29) is 37.6 Å². The van der Waals surface area contributed by atoms with Crippen LogP contribution in [0.25, 0.3) is 0 Å². The summed E-state index contributed by atoms with van der Waals surface area (Å²) in [5.74, 6) is 0.304. The number of nitrogens with one attached hydrogen (secondary N) is 1. The molecule has 3 N–H and O–H groups in total. The van der Waals surface area contributed by atoms with E-state index < -0.39 is 0 Å². The van der Waals surface area contributed by atoms with E-state index in [0.717, 1.165) is 30.5 Å². The Morgan fingerprint density at radius 1 is 1.12 bits per heavy atom. The van der Waals surface area contributed by atoms with Crippen molar-refractivity contribution in [2.24, 2.45) is 5.73 Å². The Balaban J connectivity index is 1.90. The molecule has 1 aromatic carbocycles. The van der Waals surface area contributed by atoms with Crippen LogP contribution < -0.4 is 11.1 Å². The summed E-state index contributed by atoms with van der Waals surface area (Å²) in [5, 5.41) is 2.84. The second-order valence-electron chi connectivity index (χ2n) is 8.18. The fraction of sp³-hybridized carbons (Fsp3) is 0.520. The first-order valence-corrected chi connectivity index (χ1v) is 11.7. The summed E-state index contributed by atoms with van der Waals surface area (Å²) in [4.78, 5) is 36.1. The van der Waals surface area contributed by atoms with Crippen molar-refractivity contribution in [1.82, 2.24) is 20.2 Å². The highest BCUT2D eigenvalue weighted by Crippen LogP contribution is 2.13. The second kappa shape index (κ2) is 13.6. The Kier molecular flexibility index (Phi) is 10.9. The molecule has 0 saturated heterocycles. The lowest BCUT2D eigenvalue weighted by molar-refractivity contribution is 0.0755. The number of carbonyl (C=O) groups excluding carboxylic acids is 2. The first-order chi connectivity index (χ1) is 15.9. The summed E-state index contributed by atoms with van der Waals surface area (Å²) in [6, 6.07) is 6.75. The molecule has 8 nitrogen and oxygen atoms in total. The molecule has 0 aliphatic heterocycles. The van der Waals surface area contributed by atoms with Crippen LogP contribution in [0.15, 0.2) is 30.5 Å². The van der Waals surface area contributed by atoms with Crippen LogP contribution in [-0.4, -0.2) is 59.0 Å². The molecule has 8 heteroatoms. The summed E-state index contributed by atoms with van der Waals surface area (Å²) >= 11 is 0. The molecule has 2 amide bonds. The van der Waals surface area contributed by atoms with Gasteiger partial charge in [-0.05, 0) is 56.0 Å². The maximum atomic E-state index is 12.9. The molecule has 0 aliphatic rings. The van der Waals surface area contributed by atoms with Crippen molar-refractivity contribution >= 4 is 11.8 Å². The van der Waals surface area contributed by atoms with Gasteiger partial charge in [0.25, 0.3) is 11.8 Å². The van der Waals surface area contributed by atoms with Crippen LogP contribution in [0.4, 0.5) is 0 Å². The number of hydrogen-bond acceptors (Lipinski definition) is 6. The molecular weight excluding hydrogens is 418 g/mol. The van der Waals surface area contributed by atoms with Gasteiger partial charge in [0.2, 0.25) is 0 Å². The normalized spacial score (nSPS) is 11.8. The number of amides is 2. The summed E-state index contributed by atoms with van der Waals surface area (Å²) in [6.07, 6.45) is 4.33. The third-order valence-corrected chi connectivity index (χ3v) is 5.07. The first kappa shape index (κ1) is 26.4. The van der Waals surface area contributed by atoms with Crippen molar-refractivity contribution < 1.29 is 14.3 Å². The lowest BCUT2D eigenvalue weighted by atomic mass is 10.0. The Bertz CT molecular complexity index is 913. The number of aromatic nitrogens is 2. The molecule has 2 rings (SSSR count). The van der Waals surface area contributed by atoms with Gasteiger partial charge < -0.3 is 20.7 Å². The van der Waals surface area contributed by atoms with Gasteiger partial charge in [-0.3, -0.25) is 9.59 Å². The topological polar surface area (TPSA) is 110 Å². The van der Waals surface area contributed by atoms with Gasteiger partial charge in [0.1, 0.15) is 6.61 Å². The highest BCUT2D eigenvalue weighted by Gasteiger charge is 2.17. The summed E-state index contributed by atoms with van der Waals surface area (Å²) in [5.41, 5.74) is 8.90. The van der Waals surface area contributed by atoms with Crippen molar-refractivity contribution in [3.05, 3.63) is 58.7 Å². The molecule has 0 aliphatic carbocycles. The number of rotatable bonds is 13. The van der Waals surface area contributed by atoms with E-state index >= 15 is 0 Å². The fourth-order valence-corrected chi connectivity index (χ4v) is 3.47. The summed E-state index contributed by atoms with van der Waals surface area (Å²) in [6.45, 7) is 10.2.